The molecule has 0 radical (unpaired) electrons. The number of rotatable bonds is 3. The number of nitrogens with zero attached hydrogens (tertiary/aromatic N) is 2. The molecule has 1 aliphatic rings. The van der Waals surface area contributed by atoms with E-state index in [4.69, 9.17) is 4.74 Å². The maximum atomic E-state index is 5.71. The minimum atomic E-state index is 0.0357. The van der Waals surface area contributed by atoms with Gasteiger partial charge in [-0.2, -0.15) is 0 Å². The monoisotopic (exact) mass is 276 g/mol. The van der Waals surface area contributed by atoms with E-state index in [-0.39, 0.29) is 6.10 Å². The summed E-state index contributed by atoms with van der Waals surface area (Å²) < 4.78 is 5.71. The topological polar surface area (TPSA) is 59.1 Å². The van der Waals surface area contributed by atoms with Crippen LogP contribution in [-0.4, -0.2) is 29.7 Å². The number of hydrogen-bond donors (Lipinski definition) is 2. The van der Waals surface area contributed by atoms with Crippen LogP contribution in [0.3, 0.4) is 0 Å². The van der Waals surface area contributed by atoms with E-state index in [1.54, 1.807) is 11.3 Å². The second-order valence-corrected chi connectivity index (χ2v) is 5.29. The number of morpholine rings is 1. The predicted octanol–water partition coefficient (Wildman–Crippen LogP) is 2.25. The highest BCUT2D eigenvalue weighted by Crippen LogP contribution is 2.22. The zero-order chi connectivity index (χ0) is 13.1. The Morgan fingerprint density at radius 3 is 3.11 bits per heavy atom. The number of anilines is 2. The van der Waals surface area contributed by atoms with Crippen molar-refractivity contribution in [2.45, 2.75) is 13.0 Å². The van der Waals surface area contributed by atoms with E-state index in [9.17, 15) is 0 Å². The van der Waals surface area contributed by atoms with Gasteiger partial charge in [-0.05, 0) is 19.1 Å². The number of nitrogens with one attached hydrogen (secondary N) is 2. The van der Waals surface area contributed by atoms with Crippen molar-refractivity contribution < 1.29 is 4.74 Å². The Morgan fingerprint density at radius 2 is 2.37 bits per heavy atom. The van der Waals surface area contributed by atoms with E-state index in [1.165, 1.54) is 0 Å². The number of thiazole rings is 1. The summed E-state index contributed by atoms with van der Waals surface area (Å²) in [6.07, 6.45) is 0.0357. The lowest BCUT2D eigenvalue weighted by atomic mass is 10.2. The van der Waals surface area contributed by atoms with Gasteiger partial charge in [-0.25, -0.2) is 9.97 Å². The van der Waals surface area contributed by atoms with E-state index in [0.717, 1.165) is 42.0 Å². The Bertz CT molecular complexity index is 551. The van der Waals surface area contributed by atoms with E-state index >= 15 is 0 Å². The highest BCUT2D eigenvalue weighted by molar-refractivity contribution is 7.13. The number of hydrogen-bond acceptors (Lipinski definition) is 6. The van der Waals surface area contributed by atoms with Crippen LogP contribution in [0.25, 0.3) is 0 Å². The lowest BCUT2D eigenvalue weighted by Crippen LogP contribution is -2.33. The summed E-state index contributed by atoms with van der Waals surface area (Å²) >= 11 is 1.58. The van der Waals surface area contributed by atoms with Crippen LogP contribution in [0.2, 0.25) is 0 Å². The molecule has 19 heavy (non-hydrogen) atoms. The summed E-state index contributed by atoms with van der Waals surface area (Å²) in [4.78, 5) is 8.96. The lowest BCUT2D eigenvalue weighted by Gasteiger charge is -2.23. The molecule has 1 fully saturated rings. The van der Waals surface area contributed by atoms with Crippen molar-refractivity contribution in [3.63, 3.8) is 0 Å². The van der Waals surface area contributed by atoms with Crippen LogP contribution >= 0.6 is 11.3 Å². The summed E-state index contributed by atoms with van der Waals surface area (Å²) in [6.45, 7) is 4.43. The Labute approximate surface area is 116 Å². The molecule has 2 aromatic rings. The van der Waals surface area contributed by atoms with Gasteiger partial charge in [0.1, 0.15) is 11.9 Å². The standard InChI is InChI=1S/C13H16N4OS/c1-9-8-19-13(15-9)17-12-4-2-3-10(16-12)11-7-14-5-6-18-11/h2-4,8,11,14H,5-7H2,1H3,(H,15,16,17)/t11-/m0/s1. The lowest BCUT2D eigenvalue weighted by molar-refractivity contribution is 0.0251. The summed E-state index contributed by atoms with van der Waals surface area (Å²) in [5.41, 5.74) is 1.97. The first-order valence-corrected chi connectivity index (χ1v) is 7.18. The molecule has 5 nitrogen and oxygen atoms in total. The van der Waals surface area contributed by atoms with E-state index in [1.807, 2.05) is 30.5 Å². The van der Waals surface area contributed by atoms with E-state index in [0.29, 0.717) is 0 Å². The minimum absolute atomic E-state index is 0.0357. The first kappa shape index (κ1) is 12.5. The molecule has 3 heterocycles. The second kappa shape index (κ2) is 5.64. The van der Waals surface area contributed by atoms with Gasteiger partial charge in [0.2, 0.25) is 0 Å². The van der Waals surface area contributed by atoms with Crippen molar-refractivity contribution in [1.82, 2.24) is 15.3 Å². The highest BCUT2D eigenvalue weighted by atomic mass is 32.1. The van der Waals surface area contributed by atoms with Crippen LogP contribution in [0, 0.1) is 6.92 Å². The molecule has 2 aromatic heterocycles. The van der Waals surface area contributed by atoms with Gasteiger partial charge in [0.05, 0.1) is 18.0 Å². The Balaban J connectivity index is 1.75. The molecular formula is C13H16N4OS. The molecule has 100 valence electrons. The fourth-order valence-electron chi connectivity index (χ4n) is 1.98. The first-order valence-electron chi connectivity index (χ1n) is 6.30. The largest absolute Gasteiger partial charge is 0.369 e. The van der Waals surface area contributed by atoms with Gasteiger partial charge in [-0.15, -0.1) is 11.3 Å². The fourth-order valence-corrected chi connectivity index (χ4v) is 2.67. The van der Waals surface area contributed by atoms with Gasteiger partial charge < -0.3 is 15.4 Å². The third-order valence-electron chi connectivity index (χ3n) is 2.88. The second-order valence-electron chi connectivity index (χ2n) is 4.43. The number of aromatic nitrogens is 2. The van der Waals surface area contributed by atoms with Gasteiger partial charge in [0, 0.05) is 18.5 Å². The summed E-state index contributed by atoms with van der Waals surface area (Å²) in [5.74, 6) is 0.807. The molecule has 0 saturated carbocycles. The smallest absolute Gasteiger partial charge is 0.188 e. The number of ether oxygens (including phenoxy) is 1. The summed E-state index contributed by atoms with van der Waals surface area (Å²) in [5, 5.41) is 9.41. The first-order chi connectivity index (χ1) is 9.31. The van der Waals surface area contributed by atoms with Crippen molar-refractivity contribution in [2.24, 2.45) is 0 Å². The van der Waals surface area contributed by atoms with Crippen molar-refractivity contribution >= 4 is 22.3 Å². The molecule has 0 bridgehead atoms. The van der Waals surface area contributed by atoms with E-state index in [2.05, 4.69) is 20.6 Å². The molecule has 1 aliphatic heterocycles. The Morgan fingerprint density at radius 1 is 1.42 bits per heavy atom. The number of aryl methyl sites for hydroxylation is 1. The molecule has 1 atom stereocenters. The van der Waals surface area contributed by atoms with Crippen molar-refractivity contribution in [3.8, 4) is 0 Å². The van der Waals surface area contributed by atoms with Gasteiger partial charge in [0.25, 0.3) is 0 Å². The average molecular weight is 276 g/mol. The third-order valence-corrected chi connectivity index (χ3v) is 3.76. The zero-order valence-corrected chi connectivity index (χ0v) is 11.5. The van der Waals surface area contributed by atoms with E-state index < -0.39 is 0 Å². The van der Waals surface area contributed by atoms with Crippen LogP contribution in [0.1, 0.15) is 17.5 Å². The molecule has 0 amide bonds. The van der Waals surface area contributed by atoms with Gasteiger partial charge in [-0.3, -0.25) is 0 Å². The van der Waals surface area contributed by atoms with Crippen molar-refractivity contribution in [1.29, 1.82) is 0 Å². The molecule has 1 saturated heterocycles. The van der Waals surface area contributed by atoms with Gasteiger partial charge >= 0.3 is 0 Å². The average Bonchev–Trinajstić information content (AvgIpc) is 2.85. The molecule has 0 aliphatic carbocycles. The van der Waals surface area contributed by atoms with Crippen LogP contribution in [0.15, 0.2) is 23.6 Å². The fraction of sp³-hybridized carbons (Fsp3) is 0.385. The highest BCUT2D eigenvalue weighted by Gasteiger charge is 2.17. The molecule has 0 spiro atoms. The van der Waals surface area contributed by atoms with Gasteiger partial charge in [0.15, 0.2) is 5.13 Å². The van der Waals surface area contributed by atoms with Crippen molar-refractivity contribution in [3.05, 3.63) is 35.0 Å². The van der Waals surface area contributed by atoms with Crippen LogP contribution < -0.4 is 10.6 Å². The van der Waals surface area contributed by atoms with Crippen LogP contribution in [-0.2, 0) is 4.74 Å². The molecule has 0 aromatic carbocycles. The van der Waals surface area contributed by atoms with Gasteiger partial charge in [-0.1, -0.05) is 6.07 Å². The Kier molecular flexibility index (Phi) is 3.72. The number of pyridine rings is 1. The molecule has 3 rings (SSSR count). The van der Waals surface area contributed by atoms with Crippen LogP contribution in [0.4, 0.5) is 10.9 Å². The SMILES string of the molecule is Cc1csc(Nc2cccc([C@@H]3CNCCO3)n2)n1. The maximum absolute atomic E-state index is 5.71. The minimum Gasteiger partial charge on any atom is -0.369 e. The molecule has 2 N–H and O–H groups in total. The molecular weight excluding hydrogens is 260 g/mol. The third kappa shape index (κ3) is 3.09. The molecule has 6 heteroatoms. The summed E-state index contributed by atoms with van der Waals surface area (Å²) in [7, 11) is 0. The quantitative estimate of drug-likeness (QED) is 0.900. The predicted molar refractivity (Wildman–Crippen MR) is 75.9 cm³/mol. The van der Waals surface area contributed by atoms with Crippen molar-refractivity contribution in [2.75, 3.05) is 25.0 Å². The zero-order valence-electron chi connectivity index (χ0n) is 10.7. The molecule has 0 unspecified atom stereocenters. The van der Waals surface area contributed by atoms with Crippen LogP contribution in [0.5, 0.6) is 0 Å². The summed E-state index contributed by atoms with van der Waals surface area (Å²) in [6, 6.07) is 5.93. The Hall–Kier alpha value is -1.50. The normalized spacial score (nSPS) is 19.3. The maximum Gasteiger partial charge on any atom is 0.188 e.